The van der Waals surface area contributed by atoms with E-state index >= 15 is 0 Å². The number of rotatable bonds is 50. The average Bonchev–Trinajstić information content (AvgIpc) is 3.34. The van der Waals surface area contributed by atoms with Crippen LogP contribution in [0.2, 0.25) is 0 Å². The molecule has 400 valence electrons. The molecule has 9 heteroatoms. The molecule has 1 saturated heterocycles. The fraction of sp³-hybridized carbons (Fsp3) is 0.881. The van der Waals surface area contributed by atoms with Crippen LogP contribution in [0.3, 0.4) is 0 Å². The molecular formula is C59H111NO8. The summed E-state index contributed by atoms with van der Waals surface area (Å²) < 4.78 is 11.2. The first kappa shape index (κ1) is 64.4. The van der Waals surface area contributed by atoms with Crippen molar-refractivity contribution in [2.24, 2.45) is 0 Å². The molecule has 1 rings (SSSR count). The average molecular weight is 963 g/mol. The maximum Gasteiger partial charge on any atom is 0.220 e. The Kier molecular flexibility index (Phi) is 46.4. The van der Waals surface area contributed by atoms with Crippen LogP contribution in [0.15, 0.2) is 36.5 Å². The van der Waals surface area contributed by atoms with Crippen molar-refractivity contribution in [1.29, 1.82) is 0 Å². The molecule has 6 N–H and O–H groups in total. The molecule has 1 aliphatic heterocycles. The first-order valence-corrected chi connectivity index (χ1v) is 29.2. The van der Waals surface area contributed by atoms with Crippen LogP contribution < -0.4 is 5.32 Å². The van der Waals surface area contributed by atoms with Crippen LogP contribution in [0.25, 0.3) is 0 Å². The molecule has 0 radical (unpaired) electrons. The number of aliphatic hydroxyl groups is 5. The van der Waals surface area contributed by atoms with Crippen molar-refractivity contribution in [2.75, 3.05) is 13.2 Å². The third kappa shape index (κ3) is 38.1. The molecule has 0 spiro atoms. The quantitative estimate of drug-likeness (QED) is 0.0261. The van der Waals surface area contributed by atoms with Gasteiger partial charge < -0.3 is 40.3 Å². The number of aliphatic hydroxyl groups excluding tert-OH is 5. The van der Waals surface area contributed by atoms with Gasteiger partial charge in [0, 0.05) is 6.42 Å². The second kappa shape index (κ2) is 49.0. The van der Waals surface area contributed by atoms with Crippen molar-refractivity contribution in [3.8, 4) is 0 Å². The highest BCUT2D eigenvalue weighted by atomic mass is 16.7. The van der Waals surface area contributed by atoms with Crippen LogP contribution in [-0.4, -0.2) is 87.5 Å². The van der Waals surface area contributed by atoms with Crippen molar-refractivity contribution >= 4 is 5.91 Å². The maximum absolute atomic E-state index is 12.9. The second-order valence-corrected chi connectivity index (χ2v) is 20.4. The highest BCUT2D eigenvalue weighted by Gasteiger charge is 2.44. The van der Waals surface area contributed by atoms with E-state index < -0.39 is 49.5 Å². The van der Waals surface area contributed by atoms with E-state index in [1.165, 1.54) is 205 Å². The highest BCUT2D eigenvalue weighted by Crippen LogP contribution is 2.23. The van der Waals surface area contributed by atoms with Crippen molar-refractivity contribution in [1.82, 2.24) is 5.32 Å². The summed E-state index contributed by atoms with van der Waals surface area (Å²) in [4.78, 5) is 12.9. The summed E-state index contributed by atoms with van der Waals surface area (Å²) in [6, 6.07) is -0.798. The lowest BCUT2D eigenvalue weighted by Crippen LogP contribution is -2.60. The van der Waals surface area contributed by atoms with Crippen LogP contribution in [0.4, 0.5) is 0 Å². The van der Waals surface area contributed by atoms with Gasteiger partial charge in [0.15, 0.2) is 6.29 Å². The van der Waals surface area contributed by atoms with Gasteiger partial charge in [-0.2, -0.15) is 0 Å². The van der Waals surface area contributed by atoms with E-state index in [1.807, 2.05) is 6.08 Å². The van der Waals surface area contributed by atoms with E-state index in [9.17, 15) is 30.3 Å². The molecular weight excluding hydrogens is 851 g/mol. The van der Waals surface area contributed by atoms with E-state index in [2.05, 4.69) is 43.5 Å². The Hall–Kier alpha value is -1.59. The van der Waals surface area contributed by atoms with Gasteiger partial charge in [-0.15, -0.1) is 0 Å². The van der Waals surface area contributed by atoms with E-state index in [0.29, 0.717) is 6.42 Å². The Bertz CT molecular complexity index is 1160. The first-order valence-electron chi connectivity index (χ1n) is 29.2. The predicted octanol–water partition coefficient (Wildman–Crippen LogP) is 14.4. The van der Waals surface area contributed by atoms with Gasteiger partial charge in [-0.05, 0) is 51.4 Å². The second-order valence-electron chi connectivity index (χ2n) is 20.4. The molecule has 1 aliphatic rings. The summed E-state index contributed by atoms with van der Waals surface area (Å²) >= 11 is 0. The molecule has 0 aromatic rings. The molecule has 1 amide bonds. The molecule has 7 unspecified atom stereocenters. The van der Waals surface area contributed by atoms with Gasteiger partial charge in [-0.3, -0.25) is 4.79 Å². The van der Waals surface area contributed by atoms with Crippen molar-refractivity contribution in [3.63, 3.8) is 0 Å². The Labute approximate surface area is 419 Å². The van der Waals surface area contributed by atoms with Gasteiger partial charge in [-0.25, -0.2) is 0 Å². The molecule has 7 atom stereocenters. The molecule has 1 fully saturated rings. The minimum Gasteiger partial charge on any atom is -0.394 e. The minimum atomic E-state index is -1.56. The smallest absolute Gasteiger partial charge is 0.220 e. The van der Waals surface area contributed by atoms with Crippen molar-refractivity contribution in [3.05, 3.63) is 36.5 Å². The largest absolute Gasteiger partial charge is 0.394 e. The number of ether oxygens (including phenoxy) is 2. The van der Waals surface area contributed by atoms with Gasteiger partial charge in [0.2, 0.25) is 5.91 Å². The highest BCUT2D eigenvalue weighted by molar-refractivity contribution is 5.76. The number of hydrogen-bond donors (Lipinski definition) is 6. The lowest BCUT2D eigenvalue weighted by molar-refractivity contribution is -0.302. The number of allylic oxidation sites excluding steroid dienone is 5. The van der Waals surface area contributed by atoms with E-state index in [1.54, 1.807) is 6.08 Å². The van der Waals surface area contributed by atoms with Crippen LogP contribution in [0.5, 0.6) is 0 Å². The normalized spacial score (nSPS) is 19.8. The third-order valence-corrected chi connectivity index (χ3v) is 14.0. The van der Waals surface area contributed by atoms with E-state index in [-0.39, 0.29) is 12.5 Å². The Balaban J connectivity index is 1.94. The SMILES string of the molecule is CCCCCC/C=C/C(O)C(COC1OC(CO)C(O)C(O)C1O)NC(=O)CCCCCCCCCCCCCCCCCCCCCCCCCCCCC/C=C\C/C=C\CCCCCCC. The van der Waals surface area contributed by atoms with Gasteiger partial charge in [0.05, 0.1) is 25.4 Å². The topological polar surface area (TPSA) is 149 Å². The van der Waals surface area contributed by atoms with Gasteiger partial charge in [0.25, 0.3) is 0 Å². The lowest BCUT2D eigenvalue weighted by Gasteiger charge is -2.40. The predicted molar refractivity (Wildman–Crippen MR) is 286 cm³/mol. The summed E-state index contributed by atoms with van der Waals surface area (Å²) in [6.45, 7) is 3.69. The Morgan fingerprint density at radius 1 is 0.500 bits per heavy atom. The Morgan fingerprint density at radius 3 is 1.28 bits per heavy atom. The van der Waals surface area contributed by atoms with Crippen LogP contribution in [0, 0.1) is 0 Å². The maximum atomic E-state index is 12.9. The van der Waals surface area contributed by atoms with Gasteiger partial charge in [0.1, 0.15) is 24.4 Å². The minimum absolute atomic E-state index is 0.178. The number of nitrogens with one attached hydrogen (secondary N) is 1. The van der Waals surface area contributed by atoms with Crippen LogP contribution >= 0.6 is 0 Å². The first-order chi connectivity index (χ1) is 33.3. The van der Waals surface area contributed by atoms with Crippen LogP contribution in [-0.2, 0) is 14.3 Å². The molecule has 0 aromatic carbocycles. The number of unbranched alkanes of at least 4 members (excludes halogenated alkanes) is 36. The summed E-state index contributed by atoms with van der Waals surface area (Å²) in [5, 5.41) is 53.9. The summed E-state index contributed by atoms with van der Waals surface area (Å²) in [5.41, 5.74) is 0. The summed E-state index contributed by atoms with van der Waals surface area (Å²) in [5.74, 6) is -0.178. The zero-order valence-electron chi connectivity index (χ0n) is 44.4. The van der Waals surface area contributed by atoms with Crippen molar-refractivity contribution in [2.45, 2.75) is 320 Å². The van der Waals surface area contributed by atoms with E-state index in [4.69, 9.17) is 9.47 Å². The summed E-state index contributed by atoms with van der Waals surface area (Å²) in [7, 11) is 0. The Morgan fingerprint density at radius 2 is 0.868 bits per heavy atom. The molecule has 0 aromatic heterocycles. The molecule has 0 saturated carbocycles. The number of hydrogen-bond acceptors (Lipinski definition) is 8. The third-order valence-electron chi connectivity index (χ3n) is 14.0. The monoisotopic (exact) mass is 962 g/mol. The number of carbonyl (C=O) groups excluding carboxylic acids is 1. The molecule has 0 bridgehead atoms. The zero-order chi connectivity index (χ0) is 49.4. The van der Waals surface area contributed by atoms with Gasteiger partial charge in [-0.1, -0.05) is 256 Å². The molecule has 0 aliphatic carbocycles. The number of carbonyl (C=O) groups is 1. The zero-order valence-corrected chi connectivity index (χ0v) is 44.4. The van der Waals surface area contributed by atoms with Gasteiger partial charge >= 0.3 is 0 Å². The van der Waals surface area contributed by atoms with Crippen molar-refractivity contribution < 1.29 is 39.8 Å². The number of amides is 1. The van der Waals surface area contributed by atoms with Crippen LogP contribution in [0.1, 0.15) is 277 Å². The summed E-state index contributed by atoms with van der Waals surface area (Å²) in [6.07, 6.45) is 57.3. The standard InChI is InChI=1S/C59H111NO8/c1-3-5-7-9-11-12-13-14-15-16-17-18-19-20-21-22-23-24-25-26-27-28-29-30-31-32-33-34-35-36-37-38-39-40-41-42-43-45-47-49-55(63)60-52(53(62)48-46-44-10-8-6-4-2)51-67-59-58(66)57(65)56(64)54(50-61)68-59/h13-14,16-17,46,48,52-54,56-59,61-62,64-66H,3-12,15,18-45,47,49-51H2,1-2H3,(H,60,63)/b14-13-,17-16-,48-46+. The lowest BCUT2D eigenvalue weighted by atomic mass is 9.99. The fourth-order valence-electron chi connectivity index (χ4n) is 9.31. The van der Waals surface area contributed by atoms with E-state index in [0.717, 1.165) is 51.4 Å². The molecule has 68 heavy (non-hydrogen) atoms. The molecule has 9 nitrogen and oxygen atoms in total. The fourth-order valence-corrected chi connectivity index (χ4v) is 9.31. The molecule has 1 heterocycles.